The van der Waals surface area contributed by atoms with Crippen molar-refractivity contribution >= 4 is 17.1 Å². The first-order valence-corrected chi connectivity index (χ1v) is 5.73. The normalized spacial score (nSPS) is 10.3. The molecule has 2 heterocycles. The van der Waals surface area contributed by atoms with Gasteiger partial charge in [-0.1, -0.05) is 0 Å². The smallest absolute Gasteiger partial charge is 0.294 e. The zero-order chi connectivity index (χ0) is 14.0. The molecular weight excluding hydrogens is 246 g/mol. The molecule has 2 aromatic heterocycles. The van der Waals surface area contributed by atoms with Crippen LogP contribution in [0.25, 0.3) is 11.0 Å². The molecule has 19 heavy (non-hydrogen) atoms. The topological polar surface area (TPSA) is 63.3 Å². The molecule has 0 aliphatic heterocycles. The minimum atomic E-state index is -0.341. The Morgan fingerprint density at radius 2 is 2.11 bits per heavy atom. The van der Waals surface area contributed by atoms with Crippen molar-refractivity contribution in [1.29, 1.82) is 0 Å². The lowest BCUT2D eigenvalue weighted by Gasteiger charge is -2.11. The van der Waals surface area contributed by atoms with Crippen LogP contribution in [0, 0.1) is 0 Å². The highest BCUT2D eigenvalue weighted by atomic mass is 16.7. The second-order valence-corrected chi connectivity index (χ2v) is 4.41. The average molecular weight is 262 g/mol. The molecule has 0 aromatic carbocycles. The third-order valence-corrected chi connectivity index (χ3v) is 2.44. The largest absolute Gasteiger partial charge is 0.470 e. The summed E-state index contributed by atoms with van der Waals surface area (Å²) in [4.78, 5) is 27.7. The van der Waals surface area contributed by atoms with Gasteiger partial charge >= 0.3 is 11.6 Å². The Hall–Kier alpha value is -2.44. The average Bonchev–Trinajstić information content (AvgIpc) is 2.37. The quantitative estimate of drug-likeness (QED) is 0.390. The van der Waals surface area contributed by atoms with Crippen LogP contribution >= 0.6 is 0 Å². The maximum absolute atomic E-state index is 12.2. The van der Waals surface area contributed by atoms with Gasteiger partial charge in [-0.3, -0.25) is 9.63 Å². The summed E-state index contributed by atoms with van der Waals surface area (Å²) < 4.78 is 2.83. The van der Waals surface area contributed by atoms with Gasteiger partial charge < -0.3 is 0 Å². The fourth-order valence-corrected chi connectivity index (χ4v) is 1.65. The Morgan fingerprint density at radius 1 is 1.37 bits per heavy atom. The second-order valence-electron chi connectivity index (χ2n) is 4.41. The van der Waals surface area contributed by atoms with Gasteiger partial charge in [0.05, 0.1) is 33.7 Å². The van der Waals surface area contributed by atoms with Crippen molar-refractivity contribution in [3.63, 3.8) is 0 Å². The molecular formula is C12H16N5O2+. The van der Waals surface area contributed by atoms with Crippen LogP contribution in [0.5, 0.6) is 0 Å². The molecule has 2 aromatic rings. The predicted molar refractivity (Wildman–Crippen MR) is 71.2 cm³/mol. The van der Waals surface area contributed by atoms with Crippen LogP contribution in [0.15, 0.2) is 29.5 Å². The number of pyridine rings is 1. The third kappa shape index (κ3) is 2.54. The first kappa shape index (κ1) is 13.0. The van der Waals surface area contributed by atoms with Crippen molar-refractivity contribution in [2.45, 2.75) is 0 Å². The van der Waals surface area contributed by atoms with Gasteiger partial charge in [0, 0.05) is 6.20 Å². The minimum Gasteiger partial charge on any atom is -0.294 e. The number of rotatable bonds is 1. The Kier molecular flexibility index (Phi) is 3.46. The Bertz CT molecular complexity index is 686. The molecule has 0 atom stereocenters. The van der Waals surface area contributed by atoms with E-state index >= 15 is 0 Å². The van der Waals surface area contributed by atoms with E-state index in [1.165, 1.54) is 6.33 Å². The van der Waals surface area contributed by atoms with E-state index in [2.05, 4.69) is 9.97 Å². The van der Waals surface area contributed by atoms with E-state index in [0.717, 1.165) is 4.73 Å². The van der Waals surface area contributed by atoms with Gasteiger partial charge in [0.25, 0.3) is 0 Å². The van der Waals surface area contributed by atoms with Crippen molar-refractivity contribution in [3.05, 3.63) is 35.0 Å². The highest BCUT2D eigenvalue weighted by Crippen LogP contribution is 2.00. The molecule has 100 valence electrons. The summed E-state index contributed by atoms with van der Waals surface area (Å²) in [5.41, 5.74) is 0.484. The molecule has 0 saturated heterocycles. The van der Waals surface area contributed by atoms with Gasteiger partial charge in [0.2, 0.25) is 0 Å². The maximum Gasteiger partial charge on any atom is 0.470 e. The lowest BCUT2D eigenvalue weighted by Crippen LogP contribution is -2.42. The SMILES string of the molecule is CN(C)C(On1cnc2cccnc2c1=O)=[N+](C)C. The molecule has 0 spiro atoms. The number of aromatic nitrogens is 3. The first-order valence-electron chi connectivity index (χ1n) is 5.73. The van der Waals surface area contributed by atoms with E-state index in [0.29, 0.717) is 11.5 Å². The summed E-state index contributed by atoms with van der Waals surface area (Å²) in [6, 6.07) is 3.98. The van der Waals surface area contributed by atoms with Crippen molar-refractivity contribution in [2.75, 3.05) is 28.2 Å². The van der Waals surface area contributed by atoms with E-state index in [-0.39, 0.29) is 11.1 Å². The number of fused-ring (bicyclic) bond motifs is 1. The van der Waals surface area contributed by atoms with Crippen LogP contribution in [-0.2, 0) is 0 Å². The third-order valence-electron chi connectivity index (χ3n) is 2.44. The van der Waals surface area contributed by atoms with Crippen LogP contribution in [-0.4, -0.2) is 58.4 Å². The molecule has 0 amide bonds. The molecule has 0 aliphatic carbocycles. The Labute approximate surface area is 110 Å². The first-order chi connectivity index (χ1) is 9.00. The lowest BCUT2D eigenvalue weighted by molar-refractivity contribution is -0.480. The number of hydrogen-bond acceptors (Lipinski definition) is 4. The fourth-order valence-electron chi connectivity index (χ4n) is 1.65. The highest BCUT2D eigenvalue weighted by Gasteiger charge is 2.17. The number of hydrogen-bond donors (Lipinski definition) is 0. The monoisotopic (exact) mass is 262 g/mol. The molecule has 0 bridgehead atoms. The Morgan fingerprint density at radius 3 is 2.74 bits per heavy atom. The van der Waals surface area contributed by atoms with Crippen molar-refractivity contribution in [3.8, 4) is 0 Å². The maximum atomic E-state index is 12.2. The summed E-state index contributed by atoms with van der Waals surface area (Å²) in [7, 11) is 7.31. The summed E-state index contributed by atoms with van der Waals surface area (Å²) in [6.07, 6.45) is 2.90. The number of amidine groups is 1. The van der Waals surface area contributed by atoms with Crippen molar-refractivity contribution in [2.24, 2.45) is 0 Å². The van der Waals surface area contributed by atoms with Gasteiger partial charge in [0.15, 0.2) is 5.52 Å². The van der Waals surface area contributed by atoms with Crippen molar-refractivity contribution < 1.29 is 9.41 Å². The van der Waals surface area contributed by atoms with Crippen LogP contribution < -0.4 is 10.4 Å². The van der Waals surface area contributed by atoms with E-state index in [9.17, 15) is 4.79 Å². The zero-order valence-corrected chi connectivity index (χ0v) is 11.4. The van der Waals surface area contributed by atoms with Gasteiger partial charge in [0.1, 0.15) is 6.33 Å². The minimum absolute atomic E-state index is 0.280. The van der Waals surface area contributed by atoms with Gasteiger partial charge in [-0.2, -0.15) is 0 Å². The lowest BCUT2D eigenvalue weighted by atomic mass is 10.4. The molecule has 2 rings (SSSR count). The van der Waals surface area contributed by atoms with Crippen LogP contribution in [0.4, 0.5) is 0 Å². The molecule has 0 saturated carbocycles. The highest BCUT2D eigenvalue weighted by molar-refractivity contribution is 5.72. The van der Waals surface area contributed by atoms with Crippen LogP contribution in [0.3, 0.4) is 0 Å². The molecule has 7 nitrogen and oxygen atoms in total. The van der Waals surface area contributed by atoms with Crippen molar-refractivity contribution in [1.82, 2.24) is 19.6 Å². The number of nitrogens with zero attached hydrogens (tertiary/aromatic N) is 5. The predicted octanol–water partition coefficient (Wildman–Crippen LogP) is -0.590. The van der Waals surface area contributed by atoms with E-state index in [4.69, 9.17) is 4.84 Å². The molecule has 0 N–H and O–H groups in total. The van der Waals surface area contributed by atoms with Crippen LogP contribution in [0.2, 0.25) is 0 Å². The zero-order valence-electron chi connectivity index (χ0n) is 11.4. The van der Waals surface area contributed by atoms with Crippen LogP contribution in [0.1, 0.15) is 0 Å². The van der Waals surface area contributed by atoms with E-state index in [1.54, 1.807) is 27.8 Å². The summed E-state index contributed by atoms with van der Waals surface area (Å²) in [5, 5.41) is 0. The standard InChI is InChI=1S/C12H16N5O2/c1-15(2)12(16(3)4)19-17-8-14-9-6-5-7-13-10(9)11(17)18/h5-8H,1-4H3/q+1. The molecule has 0 fully saturated rings. The van der Waals surface area contributed by atoms with Gasteiger partial charge in [-0.15, -0.1) is 4.73 Å². The molecule has 7 heteroatoms. The molecule has 0 radical (unpaired) electrons. The molecule has 0 aliphatic rings. The molecule has 0 unspecified atom stereocenters. The van der Waals surface area contributed by atoms with E-state index < -0.39 is 0 Å². The fraction of sp³-hybridized carbons (Fsp3) is 0.333. The summed E-state index contributed by atoms with van der Waals surface area (Å²) in [6.45, 7) is 0. The second kappa shape index (κ2) is 5.05. The summed E-state index contributed by atoms with van der Waals surface area (Å²) >= 11 is 0. The van der Waals surface area contributed by atoms with Gasteiger partial charge in [-0.25, -0.2) is 19.4 Å². The van der Waals surface area contributed by atoms with Gasteiger partial charge in [-0.05, 0) is 12.1 Å². The Balaban J connectivity index is 2.50. The summed E-state index contributed by atoms with van der Waals surface area (Å²) in [5.74, 6) is 0. The van der Waals surface area contributed by atoms with E-state index in [1.807, 2.05) is 28.2 Å².